The number of nitrogens with zero attached hydrogens (tertiary/aromatic N) is 3. The fourth-order valence-electron chi connectivity index (χ4n) is 3.38. The normalized spacial score (nSPS) is 14.6. The number of ether oxygens (including phenoxy) is 1. The summed E-state index contributed by atoms with van der Waals surface area (Å²) >= 11 is 6.23. The summed E-state index contributed by atoms with van der Waals surface area (Å²) in [6, 6.07) is 8.93. The molecule has 0 saturated carbocycles. The molecule has 0 unspecified atom stereocenters. The van der Waals surface area contributed by atoms with E-state index in [0.29, 0.717) is 26.1 Å². The lowest BCUT2D eigenvalue weighted by Crippen LogP contribution is -2.37. The Morgan fingerprint density at radius 3 is 2.31 bits per heavy atom. The second kappa shape index (κ2) is 9.74. The molecule has 0 bridgehead atoms. The molecule has 1 aliphatic heterocycles. The van der Waals surface area contributed by atoms with E-state index < -0.39 is 27.8 Å². The zero-order chi connectivity index (χ0) is 23.5. The van der Waals surface area contributed by atoms with Crippen molar-refractivity contribution >= 4 is 39.3 Å². The number of sulfonamides is 1. The first-order valence-corrected chi connectivity index (χ1v) is 11.6. The fourth-order valence-corrected chi connectivity index (χ4v) is 4.80. The number of hydrogen-bond donors (Lipinski definition) is 0. The average Bonchev–Trinajstić information content (AvgIpc) is 3.04. The number of carbonyl (C=O) groups excluding carboxylic acids is 2. The summed E-state index contributed by atoms with van der Waals surface area (Å²) in [6.07, 6.45) is 0.0817. The van der Waals surface area contributed by atoms with E-state index >= 15 is 0 Å². The van der Waals surface area contributed by atoms with Crippen molar-refractivity contribution in [1.29, 1.82) is 0 Å². The lowest BCUT2D eigenvalue weighted by Gasteiger charge is -2.23. The molecular formula is C21H23ClFN3O5S. The maximum Gasteiger partial charge on any atom is 0.409 e. The molecule has 0 aromatic heterocycles. The Morgan fingerprint density at radius 1 is 1.03 bits per heavy atom. The second-order valence-corrected chi connectivity index (χ2v) is 9.57. The first kappa shape index (κ1) is 23.8. The van der Waals surface area contributed by atoms with Gasteiger partial charge in [0.15, 0.2) is 0 Å². The van der Waals surface area contributed by atoms with E-state index in [4.69, 9.17) is 16.3 Å². The van der Waals surface area contributed by atoms with Gasteiger partial charge >= 0.3 is 6.09 Å². The molecule has 32 heavy (non-hydrogen) atoms. The SMILES string of the molecule is COC(=O)N1CCCN(C(=O)c2cc(S(=O)(=O)N(C)c3ccc(F)cc3)ccc2Cl)CC1. The number of rotatable bonds is 4. The van der Waals surface area contributed by atoms with Crippen molar-refractivity contribution < 1.29 is 27.1 Å². The van der Waals surface area contributed by atoms with Crippen LogP contribution in [0.4, 0.5) is 14.9 Å². The molecule has 0 spiro atoms. The first-order chi connectivity index (χ1) is 15.1. The number of benzene rings is 2. The van der Waals surface area contributed by atoms with E-state index in [2.05, 4.69) is 0 Å². The van der Waals surface area contributed by atoms with Crippen LogP contribution in [-0.4, -0.2) is 70.6 Å². The average molecular weight is 484 g/mol. The van der Waals surface area contributed by atoms with Crippen LogP contribution in [0, 0.1) is 5.82 Å². The van der Waals surface area contributed by atoms with E-state index in [1.165, 1.54) is 54.3 Å². The van der Waals surface area contributed by atoms with Crippen molar-refractivity contribution in [1.82, 2.24) is 9.80 Å². The van der Waals surface area contributed by atoms with Crippen molar-refractivity contribution in [3.8, 4) is 0 Å². The van der Waals surface area contributed by atoms with Gasteiger partial charge < -0.3 is 14.5 Å². The summed E-state index contributed by atoms with van der Waals surface area (Å²) in [7, 11) is -1.39. The van der Waals surface area contributed by atoms with Gasteiger partial charge in [0, 0.05) is 33.2 Å². The minimum absolute atomic E-state index is 0.0479. The van der Waals surface area contributed by atoms with E-state index in [1.54, 1.807) is 0 Å². The largest absolute Gasteiger partial charge is 0.453 e. The Hall–Kier alpha value is -2.85. The van der Waals surface area contributed by atoms with Crippen LogP contribution in [0.1, 0.15) is 16.8 Å². The van der Waals surface area contributed by atoms with Gasteiger partial charge in [-0.15, -0.1) is 0 Å². The standard InChI is InChI=1S/C21H23ClFN3O5S/c1-24(16-6-4-15(23)5-7-16)32(29,30)17-8-9-19(22)18(14-17)20(27)25-10-3-11-26(13-12-25)21(28)31-2/h4-9,14H,3,10-13H2,1-2H3. The van der Waals surface area contributed by atoms with E-state index in [0.717, 1.165) is 16.4 Å². The number of hydrogen-bond acceptors (Lipinski definition) is 5. The zero-order valence-electron chi connectivity index (χ0n) is 17.6. The first-order valence-electron chi connectivity index (χ1n) is 9.81. The summed E-state index contributed by atoms with van der Waals surface area (Å²) in [5, 5.41) is 0.118. The maximum atomic E-state index is 13.2. The van der Waals surface area contributed by atoms with Crippen LogP contribution in [0.5, 0.6) is 0 Å². The number of halogens is 2. The van der Waals surface area contributed by atoms with Gasteiger partial charge in [0.2, 0.25) is 0 Å². The second-order valence-electron chi connectivity index (χ2n) is 7.19. The molecule has 0 aliphatic carbocycles. The number of anilines is 1. The lowest BCUT2D eigenvalue weighted by molar-refractivity contribution is 0.0757. The number of carbonyl (C=O) groups is 2. The molecule has 1 fully saturated rings. The Labute approximate surface area is 191 Å². The summed E-state index contributed by atoms with van der Waals surface area (Å²) in [4.78, 5) is 27.8. The Balaban J connectivity index is 1.85. The number of amides is 2. The van der Waals surface area contributed by atoms with Gasteiger partial charge in [0.05, 0.1) is 28.3 Å². The molecule has 2 aromatic carbocycles. The molecule has 0 N–H and O–H groups in total. The molecule has 172 valence electrons. The molecule has 2 aromatic rings. The fraction of sp³-hybridized carbons (Fsp3) is 0.333. The van der Waals surface area contributed by atoms with Crippen LogP contribution >= 0.6 is 11.6 Å². The van der Waals surface area contributed by atoms with Gasteiger partial charge in [-0.25, -0.2) is 17.6 Å². The monoisotopic (exact) mass is 483 g/mol. The summed E-state index contributed by atoms with van der Waals surface area (Å²) in [5.74, 6) is -0.912. The highest BCUT2D eigenvalue weighted by molar-refractivity contribution is 7.92. The lowest BCUT2D eigenvalue weighted by atomic mass is 10.2. The van der Waals surface area contributed by atoms with Crippen molar-refractivity contribution in [3.05, 3.63) is 58.9 Å². The van der Waals surface area contributed by atoms with Crippen LogP contribution in [-0.2, 0) is 14.8 Å². The summed E-state index contributed by atoms with van der Waals surface area (Å²) < 4.78 is 45.1. The molecule has 8 nitrogen and oxygen atoms in total. The highest BCUT2D eigenvalue weighted by Crippen LogP contribution is 2.27. The van der Waals surface area contributed by atoms with Gasteiger partial charge in [0.1, 0.15) is 5.82 Å². The summed E-state index contributed by atoms with van der Waals surface area (Å²) in [5.41, 5.74) is 0.316. The van der Waals surface area contributed by atoms with Gasteiger partial charge in [-0.2, -0.15) is 0 Å². The van der Waals surface area contributed by atoms with Gasteiger partial charge in [-0.3, -0.25) is 9.10 Å². The Kier molecular flexibility index (Phi) is 7.25. The zero-order valence-corrected chi connectivity index (χ0v) is 19.2. The highest BCUT2D eigenvalue weighted by Gasteiger charge is 2.27. The van der Waals surface area contributed by atoms with Gasteiger partial charge in [0.25, 0.3) is 15.9 Å². The molecule has 1 aliphatic rings. The quantitative estimate of drug-likeness (QED) is 0.666. The Morgan fingerprint density at radius 2 is 1.66 bits per heavy atom. The van der Waals surface area contributed by atoms with Crippen molar-refractivity contribution in [3.63, 3.8) is 0 Å². The third kappa shape index (κ3) is 4.97. The van der Waals surface area contributed by atoms with Crippen LogP contribution in [0.25, 0.3) is 0 Å². The smallest absolute Gasteiger partial charge is 0.409 e. The van der Waals surface area contributed by atoms with E-state index in [-0.39, 0.29) is 27.7 Å². The molecule has 0 atom stereocenters. The molecule has 2 amide bonds. The predicted octanol–water partition coefficient (Wildman–Crippen LogP) is 3.22. The Bertz CT molecular complexity index is 1110. The molecule has 0 radical (unpaired) electrons. The van der Waals surface area contributed by atoms with Crippen molar-refractivity contribution in [2.45, 2.75) is 11.3 Å². The van der Waals surface area contributed by atoms with Crippen LogP contribution in [0.2, 0.25) is 5.02 Å². The van der Waals surface area contributed by atoms with Crippen LogP contribution < -0.4 is 4.31 Å². The van der Waals surface area contributed by atoms with Crippen LogP contribution in [0.3, 0.4) is 0 Å². The minimum atomic E-state index is -4.03. The molecule has 3 rings (SSSR count). The van der Waals surface area contributed by atoms with Gasteiger partial charge in [-0.1, -0.05) is 11.6 Å². The topological polar surface area (TPSA) is 87.2 Å². The molecule has 1 heterocycles. The van der Waals surface area contributed by atoms with E-state index in [1.807, 2.05) is 0 Å². The highest BCUT2D eigenvalue weighted by atomic mass is 35.5. The van der Waals surface area contributed by atoms with Crippen molar-refractivity contribution in [2.24, 2.45) is 0 Å². The molecule has 1 saturated heterocycles. The molecular weight excluding hydrogens is 461 g/mol. The third-order valence-corrected chi connectivity index (χ3v) is 7.34. The summed E-state index contributed by atoms with van der Waals surface area (Å²) in [6.45, 7) is 1.38. The number of methoxy groups -OCH3 is 1. The predicted molar refractivity (Wildman–Crippen MR) is 118 cm³/mol. The third-order valence-electron chi connectivity index (χ3n) is 5.23. The maximum absolute atomic E-state index is 13.2. The van der Waals surface area contributed by atoms with Gasteiger partial charge in [-0.05, 0) is 48.9 Å². The van der Waals surface area contributed by atoms with Crippen LogP contribution in [0.15, 0.2) is 47.4 Å². The van der Waals surface area contributed by atoms with Crippen molar-refractivity contribution in [2.75, 3.05) is 44.6 Å². The minimum Gasteiger partial charge on any atom is -0.453 e. The molecule has 11 heteroatoms. The van der Waals surface area contributed by atoms with E-state index in [9.17, 15) is 22.4 Å².